The maximum Gasteiger partial charge on any atom is 0.333 e. The van der Waals surface area contributed by atoms with Gasteiger partial charge in [0.25, 0.3) is 11.8 Å². The van der Waals surface area contributed by atoms with Gasteiger partial charge in [-0.05, 0) is 32.6 Å². The fraction of sp³-hybridized carbons (Fsp3) is 0.550. The van der Waals surface area contributed by atoms with Crippen LogP contribution in [0.3, 0.4) is 0 Å². The van der Waals surface area contributed by atoms with Crippen molar-refractivity contribution in [3.8, 4) is 0 Å². The molecule has 0 radical (unpaired) electrons. The van der Waals surface area contributed by atoms with Gasteiger partial charge in [0.1, 0.15) is 0 Å². The van der Waals surface area contributed by atoms with Crippen molar-refractivity contribution in [2.24, 2.45) is 15.1 Å². The molecule has 0 unspecified atom stereocenters. The number of amidine groups is 1. The summed E-state index contributed by atoms with van der Waals surface area (Å²) in [5.41, 5.74) is 3.65. The van der Waals surface area contributed by atoms with E-state index in [4.69, 9.17) is 9.57 Å². The minimum absolute atomic E-state index is 0.0173. The molecule has 176 valence electrons. The van der Waals surface area contributed by atoms with E-state index in [-0.39, 0.29) is 50.6 Å². The molecule has 1 aliphatic heterocycles. The maximum atomic E-state index is 11.8. The van der Waals surface area contributed by atoms with Gasteiger partial charge in [0.05, 0.1) is 18.7 Å². The van der Waals surface area contributed by atoms with E-state index in [2.05, 4.69) is 39.9 Å². The number of amides is 3. The summed E-state index contributed by atoms with van der Waals surface area (Å²) in [6.45, 7) is 10.6. The summed E-state index contributed by atoms with van der Waals surface area (Å²) in [5, 5.41) is 4.52. The average Bonchev–Trinajstić information content (AvgIpc) is 3.01. The van der Waals surface area contributed by atoms with Crippen LogP contribution in [0, 0.1) is 0 Å². The van der Waals surface area contributed by atoms with Crippen molar-refractivity contribution in [1.82, 2.24) is 10.5 Å². The number of thiol groups is 1. The molecule has 11 nitrogen and oxygen atoms in total. The first-order chi connectivity index (χ1) is 14.9. The second-order valence-corrected chi connectivity index (χ2v) is 8.81. The van der Waals surface area contributed by atoms with Crippen molar-refractivity contribution in [2.45, 2.75) is 64.5 Å². The number of nitrogens with zero attached hydrogens (tertiary/aromatic N) is 4. The first-order valence-electron chi connectivity index (χ1n) is 9.89. The van der Waals surface area contributed by atoms with E-state index in [0.717, 1.165) is 0 Å². The molecule has 0 saturated carbocycles. The molecule has 0 aliphatic carbocycles. The number of imide groups is 1. The summed E-state index contributed by atoms with van der Waals surface area (Å²) < 4.78 is 4.90. The normalized spacial score (nSPS) is 15.7. The Labute approximate surface area is 192 Å². The lowest BCUT2D eigenvalue weighted by molar-refractivity contribution is -0.197. The molecule has 1 N–H and O–H groups in total. The third kappa shape index (κ3) is 10.3. The van der Waals surface area contributed by atoms with Crippen LogP contribution in [0.15, 0.2) is 26.9 Å². The van der Waals surface area contributed by atoms with Crippen LogP contribution in [0.2, 0.25) is 0 Å². The van der Waals surface area contributed by atoms with E-state index < -0.39 is 22.5 Å². The topological polar surface area (TPSA) is 139 Å². The molecule has 0 aromatic carbocycles. The summed E-state index contributed by atoms with van der Waals surface area (Å²) in [7, 11) is 0. The van der Waals surface area contributed by atoms with Crippen LogP contribution in [-0.4, -0.2) is 58.6 Å². The molecule has 1 saturated heterocycles. The van der Waals surface area contributed by atoms with Gasteiger partial charge in [-0.15, -0.1) is 5.06 Å². The quantitative estimate of drug-likeness (QED) is 0.126. The lowest BCUT2D eigenvalue weighted by Crippen LogP contribution is -2.32. The zero-order valence-electron chi connectivity index (χ0n) is 18.7. The first-order valence-corrected chi connectivity index (χ1v) is 10.3. The number of carbonyl (C=O) groups excluding carboxylic acids is 4. The predicted molar refractivity (Wildman–Crippen MR) is 122 cm³/mol. The number of hydroxylamine groups is 2. The Morgan fingerprint density at radius 2 is 1.88 bits per heavy atom. The molecular formula is C20H29N5O6S. The number of nitrogens with one attached hydrogen (secondary N) is 1. The second kappa shape index (κ2) is 12.7. The maximum absolute atomic E-state index is 11.8. The van der Waals surface area contributed by atoms with Crippen LogP contribution < -0.4 is 5.43 Å². The molecule has 0 aromatic heterocycles. The summed E-state index contributed by atoms with van der Waals surface area (Å²) in [4.78, 5) is 58.8. The monoisotopic (exact) mass is 467 g/mol. The van der Waals surface area contributed by atoms with E-state index in [1.807, 2.05) is 13.8 Å². The van der Waals surface area contributed by atoms with Crippen LogP contribution in [0.4, 0.5) is 0 Å². The smallest absolute Gasteiger partial charge is 0.333 e. The van der Waals surface area contributed by atoms with Crippen LogP contribution >= 0.6 is 12.6 Å². The van der Waals surface area contributed by atoms with Gasteiger partial charge in [-0.1, -0.05) is 13.8 Å². The molecule has 12 heteroatoms. The summed E-state index contributed by atoms with van der Waals surface area (Å²) >= 11 is 4.30. The van der Waals surface area contributed by atoms with Crippen molar-refractivity contribution in [3.05, 3.63) is 11.8 Å². The third-order valence-corrected chi connectivity index (χ3v) is 4.13. The highest BCUT2D eigenvalue weighted by atomic mass is 32.1. The Morgan fingerprint density at radius 1 is 1.25 bits per heavy atom. The molecule has 32 heavy (non-hydrogen) atoms. The molecule has 1 rings (SSSR count). The first kappa shape index (κ1) is 27.0. The SMILES string of the molecule is C=N\C(=N/C=C(C)/C(C)=N/NC(=O)CC(C)(C)S)OCCCC(=O)ON1C(=O)CCC1=O. The number of ether oxygens (including phenoxy) is 1. The van der Waals surface area contributed by atoms with Gasteiger partial charge < -0.3 is 9.57 Å². The van der Waals surface area contributed by atoms with Gasteiger partial charge in [0, 0.05) is 30.2 Å². The van der Waals surface area contributed by atoms with Crippen molar-refractivity contribution in [1.29, 1.82) is 0 Å². The Kier molecular flexibility index (Phi) is 10.8. The highest BCUT2D eigenvalue weighted by Crippen LogP contribution is 2.16. The zero-order chi connectivity index (χ0) is 24.3. The van der Waals surface area contributed by atoms with E-state index in [9.17, 15) is 19.2 Å². The number of allylic oxidation sites excluding steroid dienone is 1. The fourth-order valence-corrected chi connectivity index (χ4v) is 2.36. The molecule has 0 atom stereocenters. The van der Waals surface area contributed by atoms with E-state index >= 15 is 0 Å². The van der Waals surface area contributed by atoms with Gasteiger partial charge in [-0.3, -0.25) is 14.4 Å². The van der Waals surface area contributed by atoms with Crippen molar-refractivity contribution < 1.29 is 28.8 Å². The molecule has 0 spiro atoms. The second-order valence-electron chi connectivity index (χ2n) is 7.60. The minimum Gasteiger partial charge on any atom is -0.463 e. The Balaban J connectivity index is 2.46. The lowest BCUT2D eigenvalue weighted by atomic mass is 10.1. The highest BCUT2D eigenvalue weighted by molar-refractivity contribution is 7.81. The fourth-order valence-electron chi connectivity index (χ4n) is 2.22. The summed E-state index contributed by atoms with van der Waals surface area (Å²) in [6.07, 6.45) is 1.93. The molecule has 0 bridgehead atoms. The summed E-state index contributed by atoms with van der Waals surface area (Å²) in [5.74, 6) is -2.03. The molecule has 3 amide bonds. The Bertz CT molecular complexity index is 828. The molecule has 0 aromatic rings. The van der Waals surface area contributed by atoms with Gasteiger partial charge in [-0.25, -0.2) is 20.2 Å². The molecule has 1 aliphatic rings. The highest BCUT2D eigenvalue weighted by Gasteiger charge is 2.32. The Hall–Kier alpha value is -3.02. The van der Waals surface area contributed by atoms with E-state index in [1.54, 1.807) is 13.8 Å². The molecular weight excluding hydrogens is 438 g/mol. The predicted octanol–water partition coefficient (Wildman–Crippen LogP) is 1.94. The number of aliphatic imine (C=N–C) groups is 2. The number of rotatable bonds is 10. The van der Waals surface area contributed by atoms with E-state index in [1.165, 1.54) is 6.20 Å². The van der Waals surface area contributed by atoms with Crippen LogP contribution in [0.25, 0.3) is 0 Å². The lowest BCUT2D eigenvalue weighted by Gasteiger charge is -2.15. The van der Waals surface area contributed by atoms with Crippen LogP contribution in [-0.2, 0) is 28.8 Å². The number of hydrazone groups is 1. The number of carbonyl (C=O) groups is 4. The van der Waals surface area contributed by atoms with Gasteiger partial charge in [-0.2, -0.15) is 17.7 Å². The summed E-state index contributed by atoms with van der Waals surface area (Å²) in [6, 6.07) is -0.0173. The minimum atomic E-state index is -0.715. The van der Waals surface area contributed by atoms with Gasteiger partial charge in [0.15, 0.2) is 0 Å². The standard InChI is InChI=1S/C20H29N5O6S/c1-13(14(2)23-24-15(26)11-20(3,4)32)12-22-19(21-5)30-10-6-7-18(29)31-25-16(27)8-9-17(25)28/h12,32H,5-11H2,1-4H3,(H,24,26)/b13-12+,22-19+,23-14+. The number of hydrogen-bond donors (Lipinski definition) is 2. The Morgan fingerprint density at radius 3 is 2.44 bits per heavy atom. The zero-order valence-corrected chi connectivity index (χ0v) is 19.6. The average molecular weight is 468 g/mol. The molecule has 1 heterocycles. The number of hydrogen-bond acceptors (Lipinski definition) is 9. The molecule has 1 fully saturated rings. The van der Waals surface area contributed by atoms with Crippen LogP contribution in [0.1, 0.15) is 59.8 Å². The van der Waals surface area contributed by atoms with Gasteiger partial charge >= 0.3 is 12.0 Å². The third-order valence-electron chi connectivity index (χ3n) is 3.97. The van der Waals surface area contributed by atoms with Crippen molar-refractivity contribution in [3.63, 3.8) is 0 Å². The largest absolute Gasteiger partial charge is 0.463 e. The van der Waals surface area contributed by atoms with Gasteiger partial charge in [0.2, 0.25) is 5.91 Å². The van der Waals surface area contributed by atoms with E-state index in [0.29, 0.717) is 16.3 Å². The van der Waals surface area contributed by atoms with Crippen LogP contribution in [0.5, 0.6) is 0 Å². The van der Waals surface area contributed by atoms with Crippen molar-refractivity contribution in [2.75, 3.05) is 6.61 Å². The van der Waals surface area contributed by atoms with Crippen molar-refractivity contribution >= 4 is 54.8 Å².